The predicted octanol–water partition coefficient (Wildman–Crippen LogP) is 4.13. The first-order valence-corrected chi connectivity index (χ1v) is 9.78. The maximum atomic E-state index is 12.2. The molecule has 0 aliphatic carbocycles. The van der Waals surface area contributed by atoms with Gasteiger partial charge in [-0.2, -0.15) is 18.4 Å². The Kier molecular flexibility index (Phi) is 5.48. The number of rotatable bonds is 6. The second-order valence-corrected chi connectivity index (χ2v) is 7.86. The fourth-order valence-electron chi connectivity index (χ4n) is 2.31. The summed E-state index contributed by atoms with van der Waals surface area (Å²) in [5, 5.41) is 14.6. The minimum atomic E-state index is -3.79. The van der Waals surface area contributed by atoms with E-state index in [1.807, 2.05) is 6.92 Å². The predicted molar refractivity (Wildman–Crippen MR) is 105 cm³/mol. The Balaban J connectivity index is 1.74. The van der Waals surface area contributed by atoms with E-state index >= 15 is 0 Å². The summed E-state index contributed by atoms with van der Waals surface area (Å²) in [5.74, 6) is 0.638. The number of hydrazone groups is 1. The maximum Gasteiger partial charge on any atom is 0.276 e. The zero-order valence-corrected chi connectivity index (χ0v) is 16.1. The Morgan fingerprint density at radius 1 is 1.14 bits per heavy atom. The number of hydrogen-bond acceptors (Lipinski definition) is 6. The first kappa shape index (κ1) is 19.6. The first-order chi connectivity index (χ1) is 13.3. The molecule has 0 saturated heterocycles. The van der Waals surface area contributed by atoms with Crippen molar-refractivity contribution in [3.8, 4) is 11.3 Å². The van der Waals surface area contributed by atoms with E-state index in [4.69, 9.17) is 16.0 Å². The minimum absolute atomic E-state index is 0.0908. The molecule has 144 valence electrons. The molecule has 28 heavy (non-hydrogen) atoms. The number of furan rings is 1. The van der Waals surface area contributed by atoms with Crippen LogP contribution in [0.5, 0.6) is 0 Å². The summed E-state index contributed by atoms with van der Waals surface area (Å²) in [7, 11) is -3.79. The number of nitro benzene ring substituents is 1. The van der Waals surface area contributed by atoms with Crippen LogP contribution in [-0.2, 0) is 10.0 Å². The normalized spacial score (nSPS) is 11.6. The number of benzene rings is 2. The largest absolute Gasteiger partial charge is 0.455 e. The molecule has 0 atom stereocenters. The summed E-state index contributed by atoms with van der Waals surface area (Å²) in [6.07, 6.45) is 1.20. The maximum absolute atomic E-state index is 12.2. The van der Waals surface area contributed by atoms with Crippen LogP contribution >= 0.6 is 11.6 Å². The highest BCUT2D eigenvalue weighted by Crippen LogP contribution is 2.32. The number of hydrogen-bond donors (Lipinski definition) is 1. The number of nitro groups is 1. The summed E-state index contributed by atoms with van der Waals surface area (Å²) in [4.78, 5) is 12.4. The van der Waals surface area contributed by atoms with Gasteiger partial charge >= 0.3 is 0 Å². The lowest BCUT2D eigenvalue weighted by Gasteiger charge is -2.03. The van der Waals surface area contributed by atoms with Gasteiger partial charge in [-0.3, -0.25) is 10.1 Å². The zero-order valence-electron chi connectivity index (χ0n) is 14.5. The number of non-ortho nitro benzene ring substituents is 1. The van der Waals surface area contributed by atoms with Crippen molar-refractivity contribution in [1.29, 1.82) is 0 Å². The Labute approximate surface area is 165 Å². The topological polar surface area (TPSA) is 115 Å². The highest BCUT2D eigenvalue weighted by atomic mass is 35.5. The average molecular weight is 420 g/mol. The molecule has 0 saturated carbocycles. The fraction of sp³-hybridized carbons (Fsp3) is 0.0556. The molecular formula is C18H14ClN3O5S. The number of sulfonamides is 1. The summed E-state index contributed by atoms with van der Waals surface area (Å²) < 4.78 is 29.9. The molecule has 0 amide bonds. The van der Waals surface area contributed by atoms with Crippen LogP contribution in [-0.4, -0.2) is 19.6 Å². The molecule has 0 fully saturated rings. The standard InChI is InChI=1S/C18H14ClN3O5S/c1-12-2-6-15(7-3-12)28(25,26)21-20-11-14-5-9-18(27-14)16-8-4-13(22(23)24)10-17(16)19/h2-11,21H,1H3. The lowest BCUT2D eigenvalue weighted by atomic mass is 10.1. The van der Waals surface area contributed by atoms with E-state index in [0.29, 0.717) is 11.3 Å². The lowest BCUT2D eigenvalue weighted by Crippen LogP contribution is -2.18. The van der Waals surface area contributed by atoms with Gasteiger partial charge in [0, 0.05) is 17.7 Å². The van der Waals surface area contributed by atoms with E-state index < -0.39 is 14.9 Å². The van der Waals surface area contributed by atoms with Crippen molar-refractivity contribution < 1.29 is 17.8 Å². The Bertz CT molecular complexity index is 1150. The van der Waals surface area contributed by atoms with E-state index in [1.165, 1.54) is 36.5 Å². The highest BCUT2D eigenvalue weighted by molar-refractivity contribution is 7.89. The zero-order chi connectivity index (χ0) is 20.3. The van der Waals surface area contributed by atoms with Crippen LogP contribution in [0, 0.1) is 17.0 Å². The van der Waals surface area contributed by atoms with Gasteiger partial charge in [0.25, 0.3) is 15.7 Å². The molecule has 3 aromatic rings. The number of nitrogens with zero attached hydrogens (tertiary/aromatic N) is 2. The molecule has 0 bridgehead atoms. The average Bonchev–Trinajstić information content (AvgIpc) is 3.10. The van der Waals surface area contributed by atoms with Crippen LogP contribution in [0.1, 0.15) is 11.3 Å². The summed E-state index contributed by atoms with van der Waals surface area (Å²) in [5.41, 5.74) is 1.27. The molecule has 0 aliphatic rings. The van der Waals surface area contributed by atoms with E-state index in [-0.39, 0.29) is 21.4 Å². The Hall–Kier alpha value is -3.17. The minimum Gasteiger partial charge on any atom is -0.455 e. The van der Waals surface area contributed by atoms with Crippen LogP contribution < -0.4 is 4.83 Å². The lowest BCUT2D eigenvalue weighted by molar-refractivity contribution is -0.384. The summed E-state index contributed by atoms with van der Waals surface area (Å²) >= 11 is 6.07. The van der Waals surface area contributed by atoms with Gasteiger partial charge in [0.05, 0.1) is 21.1 Å². The van der Waals surface area contributed by atoms with Crippen molar-refractivity contribution in [2.45, 2.75) is 11.8 Å². The van der Waals surface area contributed by atoms with Crippen molar-refractivity contribution in [2.75, 3.05) is 0 Å². The SMILES string of the molecule is Cc1ccc(S(=O)(=O)NN=Cc2ccc(-c3ccc([N+](=O)[O-])cc3Cl)o2)cc1. The van der Waals surface area contributed by atoms with Crippen LogP contribution in [0.2, 0.25) is 5.02 Å². The quantitative estimate of drug-likeness (QED) is 0.366. The number of aryl methyl sites for hydroxylation is 1. The number of nitrogens with one attached hydrogen (secondary N) is 1. The van der Waals surface area contributed by atoms with Gasteiger partial charge in [-0.05, 0) is 37.3 Å². The molecule has 1 heterocycles. The van der Waals surface area contributed by atoms with Gasteiger partial charge < -0.3 is 4.42 Å². The van der Waals surface area contributed by atoms with Gasteiger partial charge in [-0.1, -0.05) is 29.3 Å². The second kappa shape index (κ2) is 7.83. The third kappa shape index (κ3) is 4.38. The molecule has 3 rings (SSSR count). The van der Waals surface area contributed by atoms with Gasteiger partial charge in [-0.25, -0.2) is 0 Å². The molecule has 0 radical (unpaired) electrons. The Morgan fingerprint density at radius 2 is 1.86 bits per heavy atom. The van der Waals surface area contributed by atoms with Crippen molar-refractivity contribution in [2.24, 2.45) is 5.10 Å². The molecule has 10 heteroatoms. The Morgan fingerprint density at radius 3 is 2.50 bits per heavy atom. The monoisotopic (exact) mass is 419 g/mol. The molecule has 0 aliphatic heterocycles. The van der Waals surface area contributed by atoms with E-state index in [0.717, 1.165) is 5.56 Å². The van der Waals surface area contributed by atoms with Gasteiger partial charge in [-0.15, -0.1) is 0 Å². The van der Waals surface area contributed by atoms with Crippen LogP contribution in [0.25, 0.3) is 11.3 Å². The smallest absolute Gasteiger partial charge is 0.276 e. The second-order valence-electron chi connectivity index (χ2n) is 5.79. The van der Waals surface area contributed by atoms with Crippen molar-refractivity contribution in [1.82, 2.24) is 4.83 Å². The highest BCUT2D eigenvalue weighted by Gasteiger charge is 2.14. The van der Waals surface area contributed by atoms with Crippen LogP contribution in [0.4, 0.5) is 5.69 Å². The molecular weight excluding hydrogens is 406 g/mol. The number of halogens is 1. The van der Waals surface area contributed by atoms with Crippen molar-refractivity contribution >= 4 is 33.5 Å². The molecule has 0 spiro atoms. The molecule has 1 aromatic heterocycles. The third-order valence-electron chi connectivity index (χ3n) is 3.75. The molecule has 0 unspecified atom stereocenters. The van der Waals surface area contributed by atoms with Gasteiger partial charge in [0.2, 0.25) is 0 Å². The van der Waals surface area contributed by atoms with E-state index in [2.05, 4.69) is 9.93 Å². The third-order valence-corrected chi connectivity index (χ3v) is 5.30. The van der Waals surface area contributed by atoms with Gasteiger partial charge in [0.1, 0.15) is 11.5 Å². The van der Waals surface area contributed by atoms with E-state index in [1.54, 1.807) is 24.3 Å². The molecule has 1 N–H and O–H groups in total. The van der Waals surface area contributed by atoms with Crippen molar-refractivity contribution in [3.63, 3.8) is 0 Å². The summed E-state index contributed by atoms with van der Waals surface area (Å²) in [6, 6.07) is 13.5. The molecule has 8 nitrogen and oxygen atoms in total. The van der Waals surface area contributed by atoms with Gasteiger partial charge in [0.15, 0.2) is 0 Å². The fourth-order valence-corrected chi connectivity index (χ4v) is 3.37. The first-order valence-electron chi connectivity index (χ1n) is 7.92. The molecule has 2 aromatic carbocycles. The van der Waals surface area contributed by atoms with Crippen LogP contribution in [0.3, 0.4) is 0 Å². The van der Waals surface area contributed by atoms with E-state index in [9.17, 15) is 18.5 Å². The summed E-state index contributed by atoms with van der Waals surface area (Å²) in [6.45, 7) is 1.85. The van der Waals surface area contributed by atoms with Crippen LogP contribution in [0.15, 0.2) is 69.0 Å². The van der Waals surface area contributed by atoms with Crippen molar-refractivity contribution in [3.05, 3.63) is 81.1 Å².